The van der Waals surface area contributed by atoms with Gasteiger partial charge in [-0.1, -0.05) is 18.2 Å². The lowest BCUT2D eigenvalue weighted by Gasteiger charge is -1.96. The Morgan fingerprint density at radius 3 is 2.53 bits per heavy atom. The summed E-state index contributed by atoms with van der Waals surface area (Å²) >= 11 is 0. The highest BCUT2D eigenvalue weighted by Crippen LogP contribution is 2.05. The van der Waals surface area contributed by atoms with Crippen LogP contribution in [-0.2, 0) is 14.3 Å². The molecule has 0 bridgehead atoms. The molecule has 1 aromatic carbocycles. The summed E-state index contributed by atoms with van der Waals surface area (Å²) in [5.41, 5.74) is 1.28. The average molecular weight is 229 g/mol. The Hall–Kier alpha value is -2.41. The highest BCUT2D eigenvalue weighted by atomic mass is 16.5. The second-order valence-electron chi connectivity index (χ2n) is 3.15. The van der Waals surface area contributed by atoms with Crippen LogP contribution in [0.5, 0.6) is 0 Å². The van der Waals surface area contributed by atoms with Crippen molar-refractivity contribution < 1.29 is 14.3 Å². The van der Waals surface area contributed by atoms with E-state index in [-0.39, 0.29) is 6.61 Å². The minimum absolute atomic E-state index is 0.176. The number of nitriles is 1. The van der Waals surface area contributed by atoms with Crippen LogP contribution in [0.3, 0.4) is 0 Å². The van der Waals surface area contributed by atoms with Crippen molar-refractivity contribution in [3.63, 3.8) is 0 Å². The number of benzene rings is 1. The van der Waals surface area contributed by atoms with Crippen molar-refractivity contribution in [1.82, 2.24) is 0 Å². The van der Waals surface area contributed by atoms with Gasteiger partial charge in [-0.2, -0.15) is 5.26 Å². The molecule has 0 aliphatic rings. The topological polar surface area (TPSA) is 67.2 Å². The molecule has 17 heavy (non-hydrogen) atoms. The number of ketones is 1. The van der Waals surface area contributed by atoms with Gasteiger partial charge in [0.15, 0.2) is 0 Å². The first-order chi connectivity index (χ1) is 8.17. The molecule has 0 atom stereocenters. The predicted octanol–water partition coefficient (Wildman–Crippen LogP) is 1.70. The Morgan fingerprint density at radius 2 is 2.00 bits per heavy atom. The molecule has 0 radical (unpaired) electrons. The summed E-state index contributed by atoms with van der Waals surface area (Å²) in [7, 11) is 0. The van der Waals surface area contributed by atoms with E-state index in [4.69, 9.17) is 5.26 Å². The van der Waals surface area contributed by atoms with Gasteiger partial charge in [0.25, 0.3) is 5.78 Å². The van der Waals surface area contributed by atoms with Crippen LogP contribution in [0.4, 0.5) is 0 Å². The minimum Gasteiger partial charge on any atom is -0.460 e. The molecule has 0 aliphatic heterocycles. The quantitative estimate of drug-likeness (QED) is 0.447. The Morgan fingerprint density at radius 1 is 1.35 bits per heavy atom. The maximum atomic E-state index is 11.2. The van der Waals surface area contributed by atoms with Crippen LogP contribution in [0.25, 0.3) is 6.08 Å². The molecule has 0 saturated carbocycles. The number of hydrogen-bond donors (Lipinski definition) is 0. The maximum absolute atomic E-state index is 11.2. The first kappa shape index (κ1) is 12.7. The van der Waals surface area contributed by atoms with Gasteiger partial charge in [0, 0.05) is 0 Å². The van der Waals surface area contributed by atoms with Gasteiger partial charge in [0.05, 0.1) is 18.2 Å². The molecule has 0 heterocycles. The van der Waals surface area contributed by atoms with E-state index in [0.29, 0.717) is 5.56 Å². The highest BCUT2D eigenvalue weighted by molar-refractivity contribution is 6.39. The molecule has 0 spiro atoms. The molecule has 0 unspecified atom stereocenters. The third kappa shape index (κ3) is 3.92. The SMILES string of the molecule is CCOC(=O)C(=O)/C=C/c1ccc(C#N)cc1. The van der Waals surface area contributed by atoms with Crippen LogP contribution in [0, 0.1) is 11.3 Å². The van der Waals surface area contributed by atoms with E-state index in [1.807, 2.05) is 6.07 Å². The van der Waals surface area contributed by atoms with Crippen LogP contribution in [0.1, 0.15) is 18.1 Å². The van der Waals surface area contributed by atoms with Gasteiger partial charge in [0.1, 0.15) is 0 Å². The summed E-state index contributed by atoms with van der Waals surface area (Å²) in [6.45, 7) is 1.81. The van der Waals surface area contributed by atoms with Gasteiger partial charge >= 0.3 is 5.97 Å². The van der Waals surface area contributed by atoms with E-state index >= 15 is 0 Å². The number of carbonyl (C=O) groups is 2. The molecule has 0 aromatic heterocycles. The van der Waals surface area contributed by atoms with E-state index < -0.39 is 11.8 Å². The standard InChI is InChI=1S/C13H11NO3/c1-2-17-13(16)12(15)8-7-10-3-5-11(9-14)6-4-10/h3-8H,2H2,1H3/b8-7+. The fourth-order valence-electron chi connectivity index (χ4n) is 1.11. The molecular weight excluding hydrogens is 218 g/mol. The largest absolute Gasteiger partial charge is 0.460 e. The zero-order valence-electron chi connectivity index (χ0n) is 9.34. The number of ether oxygens (including phenoxy) is 1. The summed E-state index contributed by atoms with van der Waals surface area (Å²) < 4.78 is 4.55. The lowest BCUT2D eigenvalue weighted by Crippen LogP contribution is -2.14. The average Bonchev–Trinajstić information content (AvgIpc) is 2.36. The zero-order chi connectivity index (χ0) is 12.7. The summed E-state index contributed by atoms with van der Waals surface area (Å²) in [6.07, 6.45) is 2.65. The van der Waals surface area contributed by atoms with E-state index in [1.165, 1.54) is 6.08 Å². The molecular formula is C13H11NO3. The number of rotatable bonds is 4. The van der Waals surface area contributed by atoms with E-state index in [0.717, 1.165) is 11.6 Å². The van der Waals surface area contributed by atoms with Crippen molar-refractivity contribution >= 4 is 17.8 Å². The molecule has 0 fully saturated rings. The Bertz CT molecular complexity index is 480. The lowest BCUT2D eigenvalue weighted by atomic mass is 10.1. The first-order valence-corrected chi connectivity index (χ1v) is 5.06. The van der Waals surface area contributed by atoms with Crippen molar-refractivity contribution in [1.29, 1.82) is 5.26 Å². The molecule has 1 aromatic rings. The van der Waals surface area contributed by atoms with Crippen molar-refractivity contribution in [2.75, 3.05) is 6.61 Å². The number of esters is 1. The second kappa shape index (κ2) is 6.23. The molecule has 0 amide bonds. The van der Waals surface area contributed by atoms with Gasteiger partial charge in [-0.05, 0) is 30.7 Å². The lowest BCUT2D eigenvalue weighted by molar-refractivity contribution is -0.151. The summed E-state index contributed by atoms with van der Waals surface area (Å²) in [5.74, 6) is -1.56. The smallest absolute Gasteiger partial charge is 0.379 e. The third-order valence-electron chi connectivity index (χ3n) is 1.94. The van der Waals surface area contributed by atoms with Crippen molar-refractivity contribution in [3.05, 3.63) is 41.5 Å². The highest BCUT2D eigenvalue weighted by Gasteiger charge is 2.09. The fourth-order valence-corrected chi connectivity index (χ4v) is 1.11. The van der Waals surface area contributed by atoms with Gasteiger partial charge in [0.2, 0.25) is 0 Å². The van der Waals surface area contributed by atoms with Crippen molar-refractivity contribution in [3.8, 4) is 6.07 Å². The molecule has 86 valence electrons. The number of nitrogens with zero attached hydrogens (tertiary/aromatic N) is 1. The Labute approximate surface area is 99.1 Å². The molecule has 1 rings (SSSR count). The molecule has 4 heteroatoms. The van der Waals surface area contributed by atoms with E-state index in [9.17, 15) is 9.59 Å². The normalized spacial score (nSPS) is 9.88. The van der Waals surface area contributed by atoms with E-state index in [1.54, 1.807) is 31.2 Å². The fraction of sp³-hybridized carbons (Fsp3) is 0.154. The number of hydrogen-bond acceptors (Lipinski definition) is 4. The van der Waals surface area contributed by atoms with Gasteiger partial charge in [-0.15, -0.1) is 0 Å². The molecule has 4 nitrogen and oxygen atoms in total. The molecule has 0 N–H and O–H groups in total. The van der Waals surface area contributed by atoms with Crippen LogP contribution < -0.4 is 0 Å². The van der Waals surface area contributed by atoms with Gasteiger partial charge in [-0.25, -0.2) is 4.79 Å². The number of carbonyl (C=O) groups excluding carboxylic acids is 2. The maximum Gasteiger partial charge on any atom is 0.379 e. The van der Waals surface area contributed by atoms with Crippen molar-refractivity contribution in [2.45, 2.75) is 6.92 Å². The second-order valence-corrected chi connectivity index (χ2v) is 3.15. The minimum atomic E-state index is -0.864. The van der Waals surface area contributed by atoms with E-state index in [2.05, 4.69) is 4.74 Å². The van der Waals surface area contributed by atoms with Crippen LogP contribution in [0.2, 0.25) is 0 Å². The van der Waals surface area contributed by atoms with Gasteiger partial charge < -0.3 is 4.74 Å². The van der Waals surface area contributed by atoms with Gasteiger partial charge in [-0.3, -0.25) is 4.79 Å². The first-order valence-electron chi connectivity index (χ1n) is 5.06. The van der Waals surface area contributed by atoms with Crippen LogP contribution >= 0.6 is 0 Å². The zero-order valence-corrected chi connectivity index (χ0v) is 9.34. The monoisotopic (exact) mass is 229 g/mol. The summed E-state index contributed by atoms with van der Waals surface area (Å²) in [4.78, 5) is 22.2. The summed E-state index contributed by atoms with van der Waals surface area (Å²) in [6, 6.07) is 8.63. The van der Waals surface area contributed by atoms with Crippen LogP contribution in [0.15, 0.2) is 30.3 Å². The summed E-state index contributed by atoms with van der Waals surface area (Å²) in [5, 5.41) is 8.60. The Balaban J connectivity index is 2.67. The Kier molecular flexibility index (Phi) is 4.64. The van der Waals surface area contributed by atoms with Crippen LogP contribution in [-0.4, -0.2) is 18.4 Å². The molecule has 0 saturated heterocycles. The molecule has 0 aliphatic carbocycles. The van der Waals surface area contributed by atoms with Crippen molar-refractivity contribution in [2.24, 2.45) is 0 Å². The predicted molar refractivity (Wildman–Crippen MR) is 61.8 cm³/mol. The third-order valence-corrected chi connectivity index (χ3v) is 1.94.